The van der Waals surface area contributed by atoms with E-state index in [-0.39, 0.29) is 5.91 Å². The van der Waals surface area contributed by atoms with Gasteiger partial charge in [0.2, 0.25) is 0 Å². The zero-order chi connectivity index (χ0) is 18.1. The molecular weight excluding hydrogens is 330 g/mol. The number of hydrazine groups is 1. The van der Waals surface area contributed by atoms with Crippen LogP contribution in [0.2, 0.25) is 0 Å². The van der Waals surface area contributed by atoms with Gasteiger partial charge in [0, 0.05) is 22.3 Å². The van der Waals surface area contributed by atoms with Gasteiger partial charge in [0.25, 0.3) is 11.8 Å². The van der Waals surface area contributed by atoms with Gasteiger partial charge in [-0.2, -0.15) is 5.10 Å². The van der Waals surface area contributed by atoms with Gasteiger partial charge in [-0.1, -0.05) is 18.2 Å². The molecule has 2 aromatic heterocycles. The number of aromatic amines is 1. The van der Waals surface area contributed by atoms with Crippen molar-refractivity contribution < 1.29 is 9.59 Å². The molecule has 0 saturated carbocycles. The number of para-hydroxylation sites is 1. The van der Waals surface area contributed by atoms with Crippen LogP contribution in [0, 0.1) is 6.92 Å². The van der Waals surface area contributed by atoms with Gasteiger partial charge in [0.15, 0.2) is 5.69 Å². The molecule has 1 aromatic carbocycles. The van der Waals surface area contributed by atoms with Crippen LogP contribution >= 0.6 is 0 Å². The van der Waals surface area contributed by atoms with Gasteiger partial charge in [-0.05, 0) is 44.7 Å². The fourth-order valence-corrected chi connectivity index (χ4v) is 3.40. The predicted molar refractivity (Wildman–Crippen MR) is 96.6 cm³/mol. The summed E-state index contributed by atoms with van der Waals surface area (Å²) in [5, 5.41) is 7.78. The van der Waals surface area contributed by atoms with Crippen LogP contribution in [0.15, 0.2) is 30.3 Å². The maximum absolute atomic E-state index is 12.6. The van der Waals surface area contributed by atoms with Crippen LogP contribution in [0.3, 0.4) is 0 Å². The lowest BCUT2D eigenvalue weighted by molar-refractivity contribution is 0.0844. The van der Waals surface area contributed by atoms with E-state index in [1.165, 1.54) is 0 Å². The molecule has 2 amide bonds. The molecule has 3 aromatic rings. The van der Waals surface area contributed by atoms with Gasteiger partial charge < -0.3 is 0 Å². The number of nitrogens with one attached hydrogen (secondary N) is 3. The summed E-state index contributed by atoms with van der Waals surface area (Å²) in [6.07, 6.45) is 3.88. The quantitative estimate of drug-likeness (QED) is 0.618. The average molecular weight is 349 g/mol. The molecule has 0 spiro atoms. The van der Waals surface area contributed by atoms with E-state index in [4.69, 9.17) is 0 Å². The molecule has 0 atom stereocenters. The zero-order valence-electron chi connectivity index (χ0n) is 14.4. The monoisotopic (exact) mass is 349 g/mol. The van der Waals surface area contributed by atoms with Gasteiger partial charge in [0.05, 0.1) is 11.1 Å². The van der Waals surface area contributed by atoms with Crippen molar-refractivity contribution in [3.63, 3.8) is 0 Å². The Hall–Kier alpha value is -3.22. The van der Waals surface area contributed by atoms with Crippen molar-refractivity contribution in [1.29, 1.82) is 0 Å². The van der Waals surface area contributed by atoms with E-state index in [1.807, 2.05) is 31.2 Å². The number of amides is 2. The van der Waals surface area contributed by atoms with Crippen molar-refractivity contribution in [1.82, 2.24) is 26.0 Å². The van der Waals surface area contributed by atoms with Crippen molar-refractivity contribution in [2.75, 3.05) is 0 Å². The summed E-state index contributed by atoms with van der Waals surface area (Å²) < 4.78 is 0. The lowest BCUT2D eigenvalue weighted by atomic mass is 9.96. The van der Waals surface area contributed by atoms with E-state index >= 15 is 0 Å². The topological polar surface area (TPSA) is 99.8 Å². The molecule has 3 N–H and O–H groups in total. The van der Waals surface area contributed by atoms with E-state index in [9.17, 15) is 9.59 Å². The van der Waals surface area contributed by atoms with Crippen molar-refractivity contribution >= 4 is 22.7 Å². The van der Waals surface area contributed by atoms with E-state index in [0.717, 1.165) is 53.5 Å². The summed E-state index contributed by atoms with van der Waals surface area (Å²) in [5.74, 6) is -0.794. The Labute approximate surface area is 150 Å². The molecule has 7 heteroatoms. The molecule has 0 aliphatic heterocycles. The zero-order valence-corrected chi connectivity index (χ0v) is 14.4. The Morgan fingerprint density at radius 2 is 1.85 bits per heavy atom. The summed E-state index contributed by atoms with van der Waals surface area (Å²) in [6.45, 7) is 1.83. The van der Waals surface area contributed by atoms with Gasteiger partial charge >= 0.3 is 0 Å². The number of carbonyl (C=O) groups excluding carboxylic acids is 2. The smallest absolute Gasteiger partial charge is 0.281 e. The Bertz CT molecular complexity index is 1010. The normalized spacial score (nSPS) is 13.3. The van der Waals surface area contributed by atoms with Crippen molar-refractivity contribution in [2.24, 2.45) is 0 Å². The summed E-state index contributed by atoms with van der Waals surface area (Å²) in [5.41, 5.74) is 9.24. The molecule has 4 rings (SSSR count). The Kier molecular flexibility index (Phi) is 4.12. The number of rotatable bonds is 2. The maximum atomic E-state index is 12.6. The van der Waals surface area contributed by atoms with Crippen LogP contribution < -0.4 is 10.9 Å². The highest BCUT2D eigenvalue weighted by atomic mass is 16.2. The molecule has 26 heavy (non-hydrogen) atoms. The second-order valence-corrected chi connectivity index (χ2v) is 6.47. The summed E-state index contributed by atoms with van der Waals surface area (Å²) in [6, 6.07) is 9.13. The highest BCUT2D eigenvalue weighted by Crippen LogP contribution is 2.22. The highest BCUT2D eigenvalue weighted by Gasteiger charge is 2.22. The summed E-state index contributed by atoms with van der Waals surface area (Å²) in [4.78, 5) is 29.4. The first kappa shape index (κ1) is 16.3. The standard InChI is InChI=1S/C19H19N5O2/c1-11-10-14(12-6-2-4-8-15(12)20-11)18(25)23-24-19(26)17-13-7-3-5-9-16(13)21-22-17/h2,4,6,8,10H,3,5,7,9H2,1H3,(H,21,22)(H,23,25)(H,24,26). The third kappa shape index (κ3) is 2.92. The molecular formula is C19H19N5O2. The van der Waals surface area contributed by atoms with E-state index in [1.54, 1.807) is 6.07 Å². The van der Waals surface area contributed by atoms with Crippen LogP contribution in [-0.4, -0.2) is 27.0 Å². The summed E-state index contributed by atoms with van der Waals surface area (Å²) >= 11 is 0. The van der Waals surface area contributed by atoms with Gasteiger partial charge in [-0.3, -0.25) is 30.5 Å². The second kappa shape index (κ2) is 6.59. The Morgan fingerprint density at radius 1 is 1.08 bits per heavy atom. The summed E-state index contributed by atoms with van der Waals surface area (Å²) in [7, 11) is 0. The minimum Gasteiger partial charge on any atom is -0.281 e. The largest absolute Gasteiger partial charge is 0.290 e. The molecule has 132 valence electrons. The number of hydrogen-bond donors (Lipinski definition) is 3. The number of aryl methyl sites for hydroxylation is 2. The number of H-pyrrole nitrogens is 1. The number of aromatic nitrogens is 3. The van der Waals surface area contributed by atoms with Gasteiger partial charge in [-0.25, -0.2) is 0 Å². The molecule has 0 fully saturated rings. The molecule has 0 saturated heterocycles. The van der Waals surface area contributed by atoms with E-state index < -0.39 is 5.91 Å². The number of nitrogens with zero attached hydrogens (tertiary/aromatic N) is 2. The van der Waals surface area contributed by atoms with Crippen molar-refractivity contribution in [3.05, 3.63) is 58.5 Å². The predicted octanol–water partition coefficient (Wildman–Crippen LogP) is 2.22. The molecule has 7 nitrogen and oxygen atoms in total. The van der Waals surface area contributed by atoms with E-state index in [0.29, 0.717) is 11.3 Å². The fraction of sp³-hybridized carbons (Fsp3) is 0.263. The molecule has 2 heterocycles. The number of fused-ring (bicyclic) bond motifs is 2. The van der Waals surface area contributed by atoms with E-state index in [2.05, 4.69) is 26.0 Å². The first-order valence-electron chi connectivity index (χ1n) is 8.66. The lowest BCUT2D eigenvalue weighted by Crippen LogP contribution is -2.42. The average Bonchev–Trinajstić information content (AvgIpc) is 3.09. The fourth-order valence-electron chi connectivity index (χ4n) is 3.40. The molecule has 1 aliphatic carbocycles. The first-order valence-corrected chi connectivity index (χ1v) is 8.66. The van der Waals surface area contributed by atoms with Crippen LogP contribution in [0.5, 0.6) is 0 Å². The maximum Gasteiger partial charge on any atom is 0.290 e. The number of carbonyl (C=O) groups is 2. The van der Waals surface area contributed by atoms with Crippen molar-refractivity contribution in [2.45, 2.75) is 32.6 Å². The molecule has 0 unspecified atom stereocenters. The number of pyridine rings is 1. The van der Waals surface area contributed by atoms with Crippen LogP contribution in [0.1, 0.15) is 50.6 Å². The Morgan fingerprint density at radius 3 is 2.73 bits per heavy atom. The third-order valence-electron chi connectivity index (χ3n) is 4.65. The second-order valence-electron chi connectivity index (χ2n) is 6.47. The van der Waals surface area contributed by atoms with Crippen LogP contribution in [0.4, 0.5) is 0 Å². The van der Waals surface area contributed by atoms with Crippen molar-refractivity contribution in [3.8, 4) is 0 Å². The van der Waals surface area contributed by atoms with Crippen LogP contribution in [-0.2, 0) is 12.8 Å². The number of hydrogen-bond acceptors (Lipinski definition) is 4. The minimum absolute atomic E-state index is 0.357. The Balaban J connectivity index is 1.53. The minimum atomic E-state index is -0.409. The molecule has 0 bridgehead atoms. The third-order valence-corrected chi connectivity index (χ3v) is 4.65. The highest BCUT2D eigenvalue weighted by molar-refractivity contribution is 6.07. The molecule has 1 aliphatic rings. The van der Waals surface area contributed by atoms with Gasteiger partial charge in [-0.15, -0.1) is 0 Å². The lowest BCUT2D eigenvalue weighted by Gasteiger charge is -2.12. The van der Waals surface area contributed by atoms with Crippen LogP contribution in [0.25, 0.3) is 10.9 Å². The molecule has 0 radical (unpaired) electrons. The van der Waals surface area contributed by atoms with Gasteiger partial charge in [0.1, 0.15) is 0 Å². The SMILES string of the molecule is Cc1cc(C(=O)NNC(=O)c2n[nH]c3c2CCCC3)c2ccccc2n1. The number of benzene rings is 1. The first-order chi connectivity index (χ1) is 12.6.